The topological polar surface area (TPSA) is 85.8 Å². The molecule has 144 valence electrons. The Balaban J connectivity index is 1.47. The molecule has 1 aromatic rings. The van der Waals surface area contributed by atoms with E-state index in [2.05, 4.69) is 48.6 Å². The van der Waals surface area contributed by atoms with Gasteiger partial charge in [0.15, 0.2) is 5.96 Å². The van der Waals surface area contributed by atoms with E-state index in [1.54, 1.807) is 0 Å². The molecular weight excluding hydrogens is 350 g/mol. The fraction of sp³-hybridized carbons (Fsp3) is 0.765. The number of amides is 1. The zero-order valence-corrected chi connectivity index (χ0v) is 16.5. The summed E-state index contributed by atoms with van der Waals surface area (Å²) in [6, 6.07) is 0. The van der Waals surface area contributed by atoms with Crippen molar-refractivity contribution in [1.29, 1.82) is 0 Å². The summed E-state index contributed by atoms with van der Waals surface area (Å²) >= 11 is 1.49. The lowest BCUT2D eigenvalue weighted by Gasteiger charge is -2.36. The number of rotatable bonds is 7. The van der Waals surface area contributed by atoms with Gasteiger partial charge in [-0.25, -0.2) is 4.98 Å². The molecule has 1 aliphatic heterocycles. The standard InChI is InChI=1S/C17H29N7OS/c1-3-14-21-17(26-22-14)24-11-9-23(10-12-24)16(18-4-2)20-8-7-19-15(25)13-5-6-13/h13H,3-12H2,1-2H3,(H,18,20)(H,19,25). The first-order valence-corrected chi connectivity index (χ1v) is 10.4. The van der Waals surface area contributed by atoms with Crippen molar-refractivity contribution < 1.29 is 4.79 Å². The van der Waals surface area contributed by atoms with Gasteiger partial charge in [0.1, 0.15) is 5.82 Å². The van der Waals surface area contributed by atoms with Crippen LogP contribution in [-0.4, -0.2) is 71.9 Å². The third kappa shape index (κ3) is 5.06. The normalized spacial score (nSPS) is 18.2. The smallest absolute Gasteiger partial charge is 0.223 e. The SMILES string of the molecule is CCNC(=NCCNC(=O)C1CC1)N1CCN(c2nc(CC)ns2)CC1. The molecule has 0 unspecified atom stereocenters. The van der Waals surface area contributed by atoms with E-state index in [1.807, 2.05) is 0 Å². The molecule has 9 heteroatoms. The van der Waals surface area contributed by atoms with Crippen LogP contribution in [0.3, 0.4) is 0 Å². The predicted molar refractivity (Wildman–Crippen MR) is 105 cm³/mol. The third-order valence-corrected chi connectivity index (χ3v) is 5.39. The van der Waals surface area contributed by atoms with Gasteiger partial charge in [0, 0.05) is 63.1 Å². The maximum Gasteiger partial charge on any atom is 0.223 e. The van der Waals surface area contributed by atoms with E-state index in [0.717, 1.165) is 68.9 Å². The Morgan fingerprint density at radius 2 is 2.00 bits per heavy atom. The quantitative estimate of drug-likeness (QED) is 0.412. The molecule has 2 heterocycles. The zero-order valence-electron chi connectivity index (χ0n) is 15.7. The fourth-order valence-corrected chi connectivity index (χ4v) is 3.68. The first kappa shape index (κ1) is 18.9. The molecule has 1 aliphatic carbocycles. The maximum absolute atomic E-state index is 11.7. The molecule has 1 aromatic heterocycles. The minimum Gasteiger partial charge on any atom is -0.357 e. The van der Waals surface area contributed by atoms with Gasteiger partial charge < -0.3 is 20.4 Å². The van der Waals surface area contributed by atoms with Gasteiger partial charge >= 0.3 is 0 Å². The Hall–Kier alpha value is -1.90. The van der Waals surface area contributed by atoms with Crippen LogP contribution in [0.2, 0.25) is 0 Å². The highest BCUT2D eigenvalue weighted by atomic mass is 32.1. The number of aryl methyl sites for hydroxylation is 1. The lowest BCUT2D eigenvalue weighted by Crippen LogP contribution is -2.52. The Labute approximate surface area is 159 Å². The van der Waals surface area contributed by atoms with Crippen molar-refractivity contribution in [2.75, 3.05) is 50.7 Å². The van der Waals surface area contributed by atoms with Gasteiger partial charge in [-0.2, -0.15) is 4.37 Å². The van der Waals surface area contributed by atoms with Crippen molar-refractivity contribution in [3.05, 3.63) is 5.82 Å². The van der Waals surface area contributed by atoms with Crippen molar-refractivity contribution >= 4 is 28.5 Å². The maximum atomic E-state index is 11.7. The van der Waals surface area contributed by atoms with E-state index >= 15 is 0 Å². The molecule has 2 fully saturated rings. The number of aliphatic imine (C=N–C) groups is 1. The number of hydrogen-bond donors (Lipinski definition) is 2. The summed E-state index contributed by atoms with van der Waals surface area (Å²) in [5, 5.41) is 7.35. The molecule has 0 bridgehead atoms. The summed E-state index contributed by atoms with van der Waals surface area (Å²) in [7, 11) is 0. The first-order valence-electron chi connectivity index (χ1n) is 9.59. The molecule has 0 radical (unpaired) electrons. The number of guanidine groups is 1. The van der Waals surface area contributed by atoms with Crippen LogP contribution in [0.25, 0.3) is 0 Å². The second-order valence-electron chi connectivity index (χ2n) is 6.62. The van der Waals surface area contributed by atoms with Crippen molar-refractivity contribution in [3.63, 3.8) is 0 Å². The second kappa shape index (κ2) is 9.16. The minimum atomic E-state index is 0.183. The molecule has 1 saturated carbocycles. The highest BCUT2D eigenvalue weighted by molar-refractivity contribution is 7.09. The van der Waals surface area contributed by atoms with E-state index in [4.69, 9.17) is 0 Å². The summed E-state index contributed by atoms with van der Waals surface area (Å²) in [5.74, 6) is 2.30. The van der Waals surface area contributed by atoms with E-state index in [1.165, 1.54) is 11.5 Å². The van der Waals surface area contributed by atoms with Gasteiger partial charge in [0.25, 0.3) is 0 Å². The Morgan fingerprint density at radius 3 is 2.62 bits per heavy atom. The summed E-state index contributed by atoms with van der Waals surface area (Å²) in [6.07, 6.45) is 2.96. The average Bonchev–Trinajstić information content (AvgIpc) is 3.41. The van der Waals surface area contributed by atoms with Crippen molar-refractivity contribution in [3.8, 4) is 0 Å². The summed E-state index contributed by atoms with van der Waals surface area (Å²) < 4.78 is 4.38. The van der Waals surface area contributed by atoms with E-state index in [9.17, 15) is 4.79 Å². The van der Waals surface area contributed by atoms with Crippen LogP contribution < -0.4 is 15.5 Å². The Kier molecular flexibility index (Phi) is 6.65. The van der Waals surface area contributed by atoms with Crippen LogP contribution in [0.1, 0.15) is 32.5 Å². The van der Waals surface area contributed by atoms with Crippen LogP contribution in [0.5, 0.6) is 0 Å². The minimum absolute atomic E-state index is 0.183. The number of nitrogens with one attached hydrogen (secondary N) is 2. The Morgan fingerprint density at radius 1 is 1.23 bits per heavy atom. The molecule has 1 saturated heterocycles. The van der Waals surface area contributed by atoms with Gasteiger partial charge in [0.05, 0.1) is 6.54 Å². The average molecular weight is 380 g/mol. The van der Waals surface area contributed by atoms with Gasteiger partial charge in [-0.3, -0.25) is 9.79 Å². The van der Waals surface area contributed by atoms with E-state index < -0.39 is 0 Å². The monoisotopic (exact) mass is 379 g/mol. The van der Waals surface area contributed by atoms with Crippen molar-refractivity contribution in [2.45, 2.75) is 33.1 Å². The number of hydrogen-bond acceptors (Lipinski definition) is 6. The third-order valence-electron chi connectivity index (χ3n) is 4.58. The summed E-state index contributed by atoms with van der Waals surface area (Å²) in [5.41, 5.74) is 0. The predicted octanol–water partition coefficient (Wildman–Crippen LogP) is 0.714. The number of carbonyl (C=O) groups excluding carboxylic acids is 1. The highest BCUT2D eigenvalue weighted by Crippen LogP contribution is 2.28. The first-order chi connectivity index (χ1) is 12.7. The van der Waals surface area contributed by atoms with Crippen LogP contribution in [0.15, 0.2) is 4.99 Å². The van der Waals surface area contributed by atoms with Crippen LogP contribution >= 0.6 is 11.5 Å². The molecule has 2 aliphatic rings. The molecule has 3 rings (SSSR count). The lowest BCUT2D eigenvalue weighted by molar-refractivity contribution is -0.122. The van der Waals surface area contributed by atoms with Crippen molar-refractivity contribution in [1.82, 2.24) is 24.9 Å². The number of anilines is 1. The molecule has 0 spiro atoms. The van der Waals surface area contributed by atoms with Crippen LogP contribution in [0.4, 0.5) is 5.13 Å². The highest BCUT2D eigenvalue weighted by Gasteiger charge is 2.29. The number of aromatic nitrogens is 2. The van der Waals surface area contributed by atoms with Crippen molar-refractivity contribution in [2.24, 2.45) is 10.9 Å². The molecule has 26 heavy (non-hydrogen) atoms. The lowest BCUT2D eigenvalue weighted by atomic mass is 10.3. The number of piperazine rings is 1. The van der Waals surface area contributed by atoms with E-state index in [0.29, 0.717) is 13.1 Å². The molecule has 0 aromatic carbocycles. The molecular formula is C17H29N7OS. The van der Waals surface area contributed by atoms with Gasteiger partial charge in [-0.15, -0.1) is 0 Å². The molecule has 2 N–H and O–H groups in total. The molecule has 1 amide bonds. The number of nitrogens with zero attached hydrogens (tertiary/aromatic N) is 5. The number of carbonyl (C=O) groups is 1. The van der Waals surface area contributed by atoms with Crippen LogP contribution in [-0.2, 0) is 11.2 Å². The fourth-order valence-electron chi connectivity index (χ4n) is 2.88. The van der Waals surface area contributed by atoms with E-state index in [-0.39, 0.29) is 11.8 Å². The van der Waals surface area contributed by atoms with Gasteiger partial charge in [-0.1, -0.05) is 6.92 Å². The summed E-state index contributed by atoms with van der Waals surface area (Å²) in [6.45, 7) is 9.85. The molecule has 8 nitrogen and oxygen atoms in total. The second-order valence-corrected chi connectivity index (χ2v) is 7.35. The van der Waals surface area contributed by atoms with Crippen LogP contribution in [0, 0.1) is 5.92 Å². The van der Waals surface area contributed by atoms with Gasteiger partial charge in [0.2, 0.25) is 11.0 Å². The van der Waals surface area contributed by atoms with Gasteiger partial charge in [-0.05, 0) is 19.8 Å². The Bertz CT molecular complexity index is 620. The zero-order chi connectivity index (χ0) is 18.4. The molecule has 0 atom stereocenters. The summed E-state index contributed by atoms with van der Waals surface area (Å²) in [4.78, 5) is 25.5. The largest absolute Gasteiger partial charge is 0.357 e.